The molecule has 0 radical (unpaired) electrons. The van der Waals surface area contributed by atoms with E-state index < -0.39 is 0 Å². The molecular weight excluding hydrogens is 422 g/mol. The standard InChI is InChI=1S/C23H27N7O3/c1-15-14-32-11-9-30(15)21-19-4-3-10-33-22(19)28-20(27-21)16-5-7-17(8-6-16)25-23(31)26-18-12-24-29(2)13-18/h5-8,12-13,15H,3-4,9-11,14H2,1-2H3,(H2,25,26,31)/t15-/m0/s1. The molecule has 0 bridgehead atoms. The molecule has 2 amide bonds. The van der Waals surface area contributed by atoms with E-state index >= 15 is 0 Å². The number of carbonyl (C=O) groups is 1. The summed E-state index contributed by atoms with van der Waals surface area (Å²) in [7, 11) is 1.79. The van der Waals surface area contributed by atoms with Crippen LogP contribution in [0.2, 0.25) is 0 Å². The fourth-order valence-electron chi connectivity index (χ4n) is 4.10. The molecule has 10 heteroatoms. The number of hydrogen-bond donors (Lipinski definition) is 2. The van der Waals surface area contributed by atoms with Crippen LogP contribution in [0.1, 0.15) is 18.9 Å². The van der Waals surface area contributed by atoms with Gasteiger partial charge < -0.3 is 25.0 Å². The van der Waals surface area contributed by atoms with E-state index in [0.717, 1.165) is 36.3 Å². The molecule has 2 aliphatic rings. The van der Waals surface area contributed by atoms with Crippen LogP contribution in [0.5, 0.6) is 5.88 Å². The molecular formula is C23H27N7O3. The molecule has 1 saturated heterocycles. The van der Waals surface area contributed by atoms with Crippen LogP contribution in [0.15, 0.2) is 36.7 Å². The molecule has 0 spiro atoms. The first-order chi connectivity index (χ1) is 16.1. The van der Waals surface area contributed by atoms with Crippen molar-refractivity contribution in [3.05, 3.63) is 42.2 Å². The second-order valence-corrected chi connectivity index (χ2v) is 8.28. The quantitative estimate of drug-likeness (QED) is 0.630. The molecule has 0 unspecified atom stereocenters. The van der Waals surface area contributed by atoms with Crippen molar-refractivity contribution in [1.82, 2.24) is 19.7 Å². The third-order valence-corrected chi connectivity index (χ3v) is 5.76. The zero-order chi connectivity index (χ0) is 22.8. The lowest BCUT2D eigenvalue weighted by molar-refractivity contribution is 0.0983. The third kappa shape index (κ3) is 4.61. The van der Waals surface area contributed by atoms with Crippen molar-refractivity contribution in [3.8, 4) is 17.3 Å². The lowest BCUT2D eigenvalue weighted by Crippen LogP contribution is -2.45. The Bertz CT molecular complexity index is 1150. The molecule has 2 aliphatic heterocycles. The fraction of sp³-hybridized carbons (Fsp3) is 0.391. The Morgan fingerprint density at radius 2 is 1.94 bits per heavy atom. The number of nitrogens with one attached hydrogen (secondary N) is 2. The summed E-state index contributed by atoms with van der Waals surface area (Å²) in [5, 5.41) is 9.61. The van der Waals surface area contributed by atoms with Gasteiger partial charge in [0.15, 0.2) is 5.82 Å². The minimum absolute atomic E-state index is 0.234. The van der Waals surface area contributed by atoms with Crippen molar-refractivity contribution in [2.24, 2.45) is 7.05 Å². The zero-order valence-corrected chi connectivity index (χ0v) is 18.7. The number of aryl methyl sites for hydroxylation is 1. The lowest BCUT2D eigenvalue weighted by atomic mass is 10.1. The Morgan fingerprint density at radius 1 is 1.12 bits per heavy atom. The average molecular weight is 450 g/mol. The van der Waals surface area contributed by atoms with Gasteiger partial charge in [-0.1, -0.05) is 0 Å². The van der Waals surface area contributed by atoms with Gasteiger partial charge in [0.05, 0.1) is 43.3 Å². The van der Waals surface area contributed by atoms with Crippen LogP contribution in [-0.2, 0) is 18.2 Å². The Morgan fingerprint density at radius 3 is 2.70 bits per heavy atom. The van der Waals surface area contributed by atoms with Gasteiger partial charge >= 0.3 is 6.03 Å². The van der Waals surface area contributed by atoms with Gasteiger partial charge in [-0.15, -0.1) is 0 Å². The highest BCUT2D eigenvalue weighted by atomic mass is 16.5. The van der Waals surface area contributed by atoms with Crippen LogP contribution < -0.4 is 20.3 Å². The molecule has 4 heterocycles. The summed E-state index contributed by atoms with van der Waals surface area (Å²) in [6.07, 6.45) is 5.18. The number of anilines is 3. The molecule has 3 aromatic rings. The number of morpholine rings is 1. The van der Waals surface area contributed by atoms with Crippen LogP contribution in [0.3, 0.4) is 0 Å². The minimum atomic E-state index is -0.335. The Kier molecular flexibility index (Phi) is 5.82. The minimum Gasteiger partial charge on any atom is -0.477 e. The number of nitrogens with zero attached hydrogens (tertiary/aromatic N) is 5. The zero-order valence-electron chi connectivity index (χ0n) is 18.7. The average Bonchev–Trinajstić information content (AvgIpc) is 3.23. The fourth-order valence-corrected chi connectivity index (χ4v) is 4.10. The topological polar surface area (TPSA) is 106 Å². The first kappa shape index (κ1) is 21.2. The molecule has 1 fully saturated rings. The maximum atomic E-state index is 12.2. The lowest BCUT2D eigenvalue weighted by Gasteiger charge is -2.36. The normalized spacial score (nSPS) is 17.8. The number of ether oxygens (including phenoxy) is 2. The van der Waals surface area contributed by atoms with Gasteiger partial charge in [0.25, 0.3) is 0 Å². The van der Waals surface area contributed by atoms with E-state index in [4.69, 9.17) is 19.4 Å². The molecule has 1 atom stereocenters. The van der Waals surface area contributed by atoms with Gasteiger partial charge in [-0.2, -0.15) is 10.1 Å². The molecule has 2 aromatic heterocycles. The second kappa shape index (κ2) is 9.07. The van der Waals surface area contributed by atoms with Crippen molar-refractivity contribution in [1.29, 1.82) is 0 Å². The molecule has 1 aromatic carbocycles. The Balaban J connectivity index is 1.37. The number of urea groups is 1. The predicted molar refractivity (Wildman–Crippen MR) is 125 cm³/mol. The number of fused-ring (bicyclic) bond motifs is 1. The summed E-state index contributed by atoms with van der Waals surface area (Å²) in [4.78, 5) is 24.2. The summed E-state index contributed by atoms with van der Waals surface area (Å²) < 4.78 is 13.1. The second-order valence-electron chi connectivity index (χ2n) is 8.28. The maximum Gasteiger partial charge on any atom is 0.323 e. The number of rotatable bonds is 4. The maximum absolute atomic E-state index is 12.2. The Labute approximate surface area is 191 Å². The van der Waals surface area contributed by atoms with Crippen LogP contribution in [0, 0.1) is 0 Å². The van der Waals surface area contributed by atoms with Crippen molar-refractivity contribution < 1.29 is 14.3 Å². The highest BCUT2D eigenvalue weighted by molar-refractivity contribution is 5.99. The van der Waals surface area contributed by atoms with Crippen LogP contribution in [-0.4, -0.2) is 58.2 Å². The number of amides is 2. The van der Waals surface area contributed by atoms with Crippen molar-refractivity contribution in [2.75, 3.05) is 41.9 Å². The van der Waals surface area contributed by atoms with Crippen LogP contribution in [0.4, 0.5) is 22.0 Å². The summed E-state index contributed by atoms with van der Waals surface area (Å²) >= 11 is 0. The highest BCUT2D eigenvalue weighted by Crippen LogP contribution is 2.34. The first-order valence-electron chi connectivity index (χ1n) is 11.1. The third-order valence-electron chi connectivity index (χ3n) is 5.76. The van der Waals surface area contributed by atoms with E-state index in [2.05, 4.69) is 27.6 Å². The number of carbonyl (C=O) groups excluding carboxylic acids is 1. The summed E-state index contributed by atoms with van der Waals surface area (Å²) in [6, 6.07) is 7.36. The van der Waals surface area contributed by atoms with Gasteiger partial charge in [-0.3, -0.25) is 4.68 Å². The summed E-state index contributed by atoms with van der Waals surface area (Å²) in [6.45, 7) is 4.96. The van der Waals surface area contributed by atoms with Crippen LogP contribution >= 0.6 is 0 Å². The van der Waals surface area contributed by atoms with Crippen LogP contribution in [0.25, 0.3) is 11.4 Å². The SMILES string of the molecule is C[C@H]1COCCN1c1nc(-c2ccc(NC(=O)Nc3cnn(C)c3)cc2)nc2c1CCCO2. The van der Waals surface area contributed by atoms with E-state index in [1.54, 1.807) is 24.1 Å². The van der Waals surface area contributed by atoms with Gasteiger partial charge in [0, 0.05) is 31.0 Å². The molecule has 0 aliphatic carbocycles. The highest BCUT2D eigenvalue weighted by Gasteiger charge is 2.28. The van der Waals surface area contributed by atoms with E-state index in [-0.39, 0.29) is 12.1 Å². The monoisotopic (exact) mass is 449 g/mol. The van der Waals surface area contributed by atoms with E-state index in [9.17, 15) is 4.79 Å². The molecule has 2 N–H and O–H groups in total. The van der Waals surface area contributed by atoms with E-state index in [0.29, 0.717) is 42.9 Å². The molecule has 172 valence electrons. The molecule has 33 heavy (non-hydrogen) atoms. The van der Waals surface area contributed by atoms with Gasteiger partial charge in [-0.05, 0) is 44.0 Å². The molecule has 10 nitrogen and oxygen atoms in total. The van der Waals surface area contributed by atoms with Crippen molar-refractivity contribution in [3.63, 3.8) is 0 Å². The predicted octanol–water partition coefficient (Wildman–Crippen LogP) is 3.07. The summed E-state index contributed by atoms with van der Waals surface area (Å²) in [5.74, 6) is 2.21. The van der Waals surface area contributed by atoms with E-state index in [1.165, 1.54) is 0 Å². The smallest absolute Gasteiger partial charge is 0.323 e. The Hall–Kier alpha value is -3.66. The van der Waals surface area contributed by atoms with Gasteiger partial charge in [0.2, 0.25) is 5.88 Å². The summed E-state index contributed by atoms with van der Waals surface area (Å²) in [5.41, 5.74) is 3.21. The van der Waals surface area contributed by atoms with Crippen molar-refractivity contribution >= 4 is 23.2 Å². The van der Waals surface area contributed by atoms with Gasteiger partial charge in [-0.25, -0.2) is 9.78 Å². The van der Waals surface area contributed by atoms with Gasteiger partial charge in [0.1, 0.15) is 5.82 Å². The molecule has 5 rings (SSSR count). The number of aromatic nitrogens is 4. The number of hydrogen-bond acceptors (Lipinski definition) is 7. The van der Waals surface area contributed by atoms with Crippen molar-refractivity contribution in [2.45, 2.75) is 25.8 Å². The number of benzene rings is 1. The molecule has 0 saturated carbocycles. The first-order valence-corrected chi connectivity index (χ1v) is 11.1. The largest absolute Gasteiger partial charge is 0.477 e. The van der Waals surface area contributed by atoms with E-state index in [1.807, 2.05) is 24.3 Å².